The molecule has 0 atom stereocenters. The summed E-state index contributed by atoms with van der Waals surface area (Å²) in [6.07, 6.45) is 2.30. The molecule has 2 aromatic rings. The predicted molar refractivity (Wildman–Crippen MR) is 77.9 cm³/mol. The number of carbonyl (C=O) groups excluding carboxylic acids is 2. The molecule has 21 heavy (non-hydrogen) atoms. The van der Waals surface area contributed by atoms with Crippen molar-refractivity contribution in [2.24, 2.45) is 0 Å². The lowest BCUT2D eigenvalue weighted by Gasteiger charge is -2.12. The Morgan fingerprint density at radius 1 is 1.38 bits per heavy atom. The van der Waals surface area contributed by atoms with Gasteiger partial charge in [0.25, 0.3) is 0 Å². The number of benzene rings is 1. The fourth-order valence-corrected chi connectivity index (χ4v) is 2.47. The van der Waals surface area contributed by atoms with E-state index in [4.69, 9.17) is 4.74 Å². The van der Waals surface area contributed by atoms with Gasteiger partial charge in [0.15, 0.2) is 0 Å². The molecule has 1 saturated heterocycles. The molecule has 6 nitrogen and oxygen atoms in total. The van der Waals surface area contributed by atoms with Crippen LogP contribution in [0, 0.1) is 0 Å². The van der Waals surface area contributed by atoms with Gasteiger partial charge in [-0.1, -0.05) is 18.2 Å². The van der Waals surface area contributed by atoms with Crippen molar-refractivity contribution in [3.05, 3.63) is 36.0 Å². The third-order valence-corrected chi connectivity index (χ3v) is 3.57. The highest BCUT2D eigenvalue weighted by Gasteiger charge is 2.23. The molecular formula is C15H17N3O3. The van der Waals surface area contributed by atoms with E-state index in [1.54, 1.807) is 0 Å². The van der Waals surface area contributed by atoms with Gasteiger partial charge in [0.2, 0.25) is 5.91 Å². The highest BCUT2D eigenvalue weighted by Crippen LogP contribution is 2.17. The number of H-pyrrole nitrogens is 1. The van der Waals surface area contributed by atoms with Crippen LogP contribution < -0.4 is 5.32 Å². The molecule has 110 valence electrons. The Kier molecular flexibility index (Phi) is 3.77. The molecule has 1 aromatic carbocycles. The van der Waals surface area contributed by atoms with Crippen LogP contribution in [0.1, 0.15) is 5.56 Å². The molecule has 0 radical (unpaired) electrons. The zero-order valence-corrected chi connectivity index (χ0v) is 11.6. The van der Waals surface area contributed by atoms with Crippen LogP contribution in [0.2, 0.25) is 0 Å². The van der Waals surface area contributed by atoms with E-state index >= 15 is 0 Å². The highest BCUT2D eigenvalue weighted by atomic mass is 16.6. The van der Waals surface area contributed by atoms with Crippen LogP contribution in [0.25, 0.3) is 10.9 Å². The van der Waals surface area contributed by atoms with Gasteiger partial charge >= 0.3 is 6.09 Å². The lowest BCUT2D eigenvalue weighted by molar-refractivity contribution is -0.121. The Morgan fingerprint density at radius 2 is 2.24 bits per heavy atom. The van der Waals surface area contributed by atoms with Crippen molar-refractivity contribution in [3.8, 4) is 0 Å². The molecule has 0 unspecified atom stereocenters. The Balaban J connectivity index is 1.49. The summed E-state index contributed by atoms with van der Waals surface area (Å²) in [6, 6.07) is 8.07. The van der Waals surface area contributed by atoms with Crippen molar-refractivity contribution in [1.82, 2.24) is 15.2 Å². The van der Waals surface area contributed by atoms with E-state index in [0.29, 0.717) is 19.7 Å². The van der Waals surface area contributed by atoms with Crippen LogP contribution in [0.4, 0.5) is 4.79 Å². The van der Waals surface area contributed by atoms with Crippen molar-refractivity contribution in [1.29, 1.82) is 0 Å². The Labute approximate surface area is 122 Å². The molecular weight excluding hydrogens is 270 g/mol. The minimum atomic E-state index is -0.415. The topological polar surface area (TPSA) is 74.4 Å². The van der Waals surface area contributed by atoms with Crippen LogP contribution in [-0.2, 0) is 16.0 Å². The summed E-state index contributed by atoms with van der Waals surface area (Å²) >= 11 is 0. The normalized spacial score (nSPS) is 14.5. The average molecular weight is 287 g/mol. The Morgan fingerprint density at radius 3 is 3.05 bits per heavy atom. The lowest BCUT2D eigenvalue weighted by atomic mass is 10.1. The van der Waals surface area contributed by atoms with E-state index in [1.807, 2.05) is 24.4 Å². The van der Waals surface area contributed by atoms with Crippen molar-refractivity contribution in [3.63, 3.8) is 0 Å². The first kappa shape index (κ1) is 13.5. The largest absolute Gasteiger partial charge is 0.448 e. The van der Waals surface area contributed by atoms with E-state index in [1.165, 1.54) is 15.8 Å². The molecule has 1 fully saturated rings. The summed E-state index contributed by atoms with van der Waals surface area (Å²) < 4.78 is 4.78. The molecule has 6 heteroatoms. The molecule has 2 N–H and O–H groups in total. The number of fused-ring (bicyclic) bond motifs is 1. The number of rotatable bonds is 5. The van der Waals surface area contributed by atoms with Gasteiger partial charge in [-0.2, -0.15) is 0 Å². The maximum absolute atomic E-state index is 11.8. The smallest absolute Gasteiger partial charge is 0.410 e. The molecule has 0 spiro atoms. The molecule has 1 aliphatic heterocycles. The minimum Gasteiger partial charge on any atom is -0.448 e. The minimum absolute atomic E-state index is 0.0622. The number of nitrogens with one attached hydrogen (secondary N) is 2. The summed E-state index contributed by atoms with van der Waals surface area (Å²) in [5.74, 6) is -0.159. The van der Waals surface area contributed by atoms with Gasteiger partial charge in [0, 0.05) is 23.6 Å². The third kappa shape index (κ3) is 2.99. The Hall–Kier alpha value is -2.50. The summed E-state index contributed by atoms with van der Waals surface area (Å²) in [6.45, 7) is 1.45. The molecule has 0 aliphatic carbocycles. The van der Waals surface area contributed by atoms with Gasteiger partial charge in [-0.15, -0.1) is 0 Å². The van der Waals surface area contributed by atoms with Crippen LogP contribution in [0.15, 0.2) is 30.5 Å². The van der Waals surface area contributed by atoms with Crippen molar-refractivity contribution < 1.29 is 14.3 Å². The quantitative estimate of drug-likeness (QED) is 0.870. The summed E-state index contributed by atoms with van der Waals surface area (Å²) in [4.78, 5) is 27.6. The van der Waals surface area contributed by atoms with E-state index in [-0.39, 0.29) is 12.5 Å². The summed E-state index contributed by atoms with van der Waals surface area (Å²) in [5.41, 5.74) is 2.27. The van der Waals surface area contributed by atoms with Crippen LogP contribution in [-0.4, -0.2) is 48.1 Å². The highest BCUT2D eigenvalue weighted by molar-refractivity contribution is 5.84. The second-order valence-electron chi connectivity index (χ2n) is 5.00. The number of aromatic amines is 1. The average Bonchev–Trinajstić information content (AvgIpc) is 3.07. The zero-order chi connectivity index (χ0) is 14.7. The first-order chi connectivity index (χ1) is 10.2. The van der Waals surface area contributed by atoms with E-state index < -0.39 is 6.09 Å². The standard InChI is InChI=1S/C15H17N3O3/c19-14(10-18-7-8-21-15(18)20)16-6-5-11-9-17-13-4-2-1-3-12(11)13/h1-4,9,17H,5-8,10H2,(H,16,19). The van der Waals surface area contributed by atoms with Crippen molar-refractivity contribution in [2.45, 2.75) is 6.42 Å². The van der Waals surface area contributed by atoms with Gasteiger partial charge in [-0.3, -0.25) is 9.69 Å². The van der Waals surface area contributed by atoms with Crippen molar-refractivity contribution >= 4 is 22.9 Å². The summed E-state index contributed by atoms with van der Waals surface area (Å²) in [5, 5.41) is 4.01. The third-order valence-electron chi connectivity index (χ3n) is 3.57. The fourth-order valence-electron chi connectivity index (χ4n) is 2.47. The van der Waals surface area contributed by atoms with Gasteiger partial charge < -0.3 is 15.0 Å². The zero-order valence-electron chi connectivity index (χ0n) is 11.6. The second kappa shape index (κ2) is 5.87. The lowest BCUT2D eigenvalue weighted by Crippen LogP contribution is -2.38. The van der Waals surface area contributed by atoms with Crippen molar-refractivity contribution in [2.75, 3.05) is 26.2 Å². The number of amides is 2. The van der Waals surface area contributed by atoms with Crippen LogP contribution >= 0.6 is 0 Å². The number of aromatic nitrogens is 1. The summed E-state index contributed by atoms with van der Waals surface area (Å²) in [7, 11) is 0. The first-order valence-electron chi connectivity index (χ1n) is 6.97. The van der Waals surface area contributed by atoms with E-state index in [0.717, 1.165) is 11.9 Å². The Bertz CT molecular complexity index is 665. The van der Waals surface area contributed by atoms with Gasteiger partial charge in [-0.05, 0) is 18.1 Å². The molecule has 0 bridgehead atoms. The molecule has 0 saturated carbocycles. The number of cyclic esters (lactones) is 1. The predicted octanol–water partition coefficient (Wildman–Crippen LogP) is 1.28. The maximum atomic E-state index is 11.8. The number of carbonyl (C=O) groups is 2. The van der Waals surface area contributed by atoms with Gasteiger partial charge in [-0.25, -0.2) is 4.79 Å². The molecule has 1 aromatic heterocycles. The maximum Gasteiger partial charge on any atom is 0.410 e. The molecule has 3 rings (SSSR count). The number of para-hydroxylation sites is 1. The second-order valence-corrected chi connectivity index (χ2v) is 5.00. The SMILES string of the molecule is O=C(CN1CCOC1=O)NCCc1c[nH]c2ccccc12. The monoisotopic (exact) mass is 287 g/mol. The number of nitrogens with zero attached hydrogens (tertiary/aromatic N) is 1. The molecule has 2 heterocycles. The number of hydrogen-bond donors (Lipinski definition) is 2. The van der Waals surface area contributed by atoms with E-state index in [9.17, 15) is 9.59 Å². The molecule has 1 aliphatic rings. The van der Waals surface area contributed by atoms with Gasteiger partial charge in [0.1, 0.15) is 13.2 Å². The fraction of sp³-hybridized carbons (Fsp3) is 0.333. The number of hydrogen-bond acceptors (Lipinski definition) is 3. The van der Waals surface area contributed by atoms with Crippen LogP contribution in [0.5, 0.6) is 0 Å². The van der Waals surface area contributed by atoms with E-state index in [2.05, 4.69) is 16.4 Å². The molecule has 2 amide bonds. The number of ether oxygens (including phenoxy) is 1. The van der Waals surface area contributed by atoms with Gasteiger partial charge in [0.05, 0.1) is 6.54 Å². The first-order valence-corrected chi connectivity index (χ1v) is 6.97. The van der Waals surface area contributed by atoms with Crippen LogP contribution in [0.3, 0.4) is 0 Å².